The molecule has 0 spiro atoms. The van der Waals surface area contributed by atoms with E-state index in [0.717, 1.165) is 22.9 Å². The van der Waals surface area contributed by atoms with Gasteiger partial charge in [-0.2, -0.15) is 0 Å². The number of benzene rings is 2. The number of ether oxygens (including phenoxy) is 1. The molecule has 0 bridgehead atoms. The number of furan rings is 1. The number of hydrogen-bond acceptors (Lipinski definition) is 3. The smallest absolute Gasteiger partial charge is 0.144 e. The summed E-state index contributed by atoms with van der Waals surface area (Å²) in [5, 5.41) is 0. The number of rotatable bonds is 4. The standard InChI is InChI=1S/C17H13NO2/c1-2-5-15(6-3-1)20-16-10-8-14(9-11-16)18-13-17-7-4-12-19-17/h1-13H. The quantitative estimate of drug-likeness (QED) is 0.632. The van der Waals surface area contributed by atoms with Crippen LogP contribution in [-0.2, 0) is 0 Å². The molecule has 3 aromatic rings. The maximum absolute atomic E-state index is 5.71. The fourth-order valence-corrected chi connectivity index (χ4v) is 1.73. The number of nitrogens with zero attached hydrogens (tertiary/aromatic N) is 1. The SMILES string of the molecule is C(=Nc1ccc(Oc2ccccc2)cc1)c1ccco1. The van der Waals surface area contributed by atoms with E-state index in [1.807, 2.05) is 66.7 Å². The molecule has 2 aromatic carbocycles. The average molecular weight is 263 g/mol. The van der Waals surface area contributed by atoms with Gasteiger partial charge in [-0.15, -0.1) is 0 Å². The predicted octanol–water partition coefficient (Wildman–Crippen LogP) is 4.82. The van der Waals surface area contributed by atoms with Crippen molar-refractivity contribution in [1.29, 1.82) is 0 Å². The van der Waals surface area contributed by atoms with E-state index in [2.05, 4.69) is 4.99 Å². The first-order valence-corrected chi connectivity index (χ1v) is 6.31. The largest absolute Gasteiger partial charge is 0.463 e. The molecule has 20 heavy (non-hydrogen) atoms. The van der Waals surface area contributed by atoms with Gasteiger partial charge in [-0.25, -0.2) is 0 Å². The van der Waals surface area contributed by atoms with E-state index in [9.17, 15) is 0 Å². The molecule has 0 saturated carbocycles. The molecule has 0 aliphatic rings. The van der Waals surface area contributed by atoms with E-state index in [4.69, 9.17) is 9.15 Å². The van der Waals surface area contributed by atoms with Gasteiger partial charge < -0.3 is 9.15 Å². The molecule has 0 aliphatic carbocycles. The van der Waals surface area contributed by atoms with Gasteiger partial charge in [0.15, 0.2) is 0 Å². The Morgan fingerprint density at radius 2 is 1.55 bits per heavy atom. The van der Waals surface area contributed by atoms with Gasteiger partial charge in [-0.3, -0.25) is 4.99 Å². The lowest BCUT2D eigenvalue weighted by Crippen LogP contribution is -1.82. The van der Waals surface area contributed by atoms with Gasteiger partial charge in [-0.1, -0.05) is 18.2 Å². The Kier molecular flexibility index (Phi) is 3.60. The topological polar surface area (TPSA) is 34.7 Å². The highest BCUT2D eigenvalue weighted by atomic mass is 16.5. The van der Waals surface area contributed by atoms with E-state index in [0.29, 0.717) is 0 Å². The summed E-state index contributed by atoms with van der Waals surface area (Å²) >= 11 is 0. The van der Waals surface area contributed by atoms with Crippen molar-refractivity contribution in [1.82, 2.24) is 0 Å². The third-order valence-electron chi connectivity index (χ3n) is 2.70. The Morgan fingerprint density at radius 1 is 0.800 bits per heavy atom. The summed E-state index contributed by atoms with van der Waals surface area (Å²) < 4.78 is 10.9. The Bertz CT molecular complexity index is 671. The zero-order chi connectivity index (χ0) is 13.6. The van der Waals surface area contributed by atoms with Crippen molar-refractivity contribution in [3.05, 3.63) is 78.8 Å². The van der Waals surface area contributed by atoms with Crippen LogP contribution in [0.4, 0.5) is 5.69 Å². The second kappa shape index (κ2) is 5.89. The molecule has 0 saturated heterocycles. The van der Waals surface area contributed by atoms with Gasteiger partial charge in [0.05, 0.1) is 18.2 Å². The molecule has 0 N–H and O–H groups in total. The first-order valence-electron chi connectivity index (χ1n) is 6.31. The molecule has 0 amide bonds. The normalized spacial score (nSPS) is 10.8. The van der Waals surface area contributed by atoms with Crippen molar-refractivity contribution >= 4 is 11.9 Å². The molecule has 3 rings (SSSR count). The van der Waals surface area contributed by atoms with Gasteiger partial charge in [0.1, 0.15) is 17.3 Å². The maximum atomic E-state index is 5.71. The van der Waals surface area contributed by atoms with Crippen LogP contribution in [0.3, 0.4) is 0 Å². The molecule has 0 radical (unpaired) electrons. The van der Waals surface area contributed by atoms with Gasteiger partial charge in [0.25, 0.3) is 0 Å². The summed E-state index contributed by atoms with van der Waals surface area (Å²) in [5.41, 5.74) is 0.849. The van der Waals surface area contributed by atoms with Crippen LogP contribution in [0, 0.1) is 0 Å². The van der Waals surface area contributed by atoms with Crippen LogP contribution in [0.5, 0.6) is 11.5 Å². The minimum absolute atomic E-state index is 0.731. The fourth-order valence-electron chi connectivity index (χ4n) is 1.73. The molecular weight excluding hydrogens is 250 g/mol. The molecule has 0 unspecified atom stereocenters. The molecule has 1 heterocycles. The van der Waals surface area contributed by atoms with Gasteiger partial charge in [0.2, 0.25) is 0 Å². The number of hydrogen-bond donors (Lipinski definition) is 0. The van der Waals surface area contributed by atoms with Crippen molar-refractivity contribution in [3.8, 4) is 11.5 Å². The lowest BCUT2D eigenvalue weighted by Gasteiger charge is -2.04. The van der Waals surface area contributed by atoms with Crippen LogP contribution in [0.2, 0.25) is 0 Å². The van der Waals surface area contributed by atoms with Crippen molar-refractivity contribution in [2.45, 2.75) is 0 Å². The van der Waals surface area contributed by atoms with Crippen molar-refractivity contribution in [2.75, 3.05) is 0 Å². The second-order valence-electron chi connectivity index (χ2n) is 4.18. The van der Waals surface area contributed by atoms with Crippen LogP contribution in [0.1, 0.15) is 5.76 Å². The van der Waals surface area contributed by atoms with Gasteiger partial charge in [-0.05, 0) is 48.5 Å². The zero-order valence-corrected chi connectivity index (χ0v) is 10.8. The Balaban J connectivity index is 1.68. The molecule has 1 aromatic heterocycles. The second-order valence-corrected chi connectivity index (χ2v) is 4.18. The Labute approximate surface area is 117 Å². The lowest BCUT2D eigenvalue weighted by atomic mass is 10.3. The van der Waals surface area contributed by atoms with Crippen molar-refractivity contribution in [2.24, 2.45) is 4.99 Å². The van der Waals surface area contributed by atoms with Crippen LogP contribution >= 0.6 is 0 Å². The van der Waals surface area contributed by atoms with Crippen LogP contribution < -0.4 is 4.74 Å². The maximum Gasteiger partial charge on any atom is 0.144 e. The fraction of sp³-hybridized carbons (Fsp3) is 0. The number of aliphatic imine (C=N–C) groups is 1. The number of para-hydroxylation sites is 1. The first-order chi connectivity index (χ1) is 9.90. The minimum atomic E-state index is 0.731. The van der Waals surface area contributed by atoms with E-state index < -0.39 is 0 Å². The van der Waals surface area contributed by atoms with E-state index in [1.54, 1.807) is 12.5 Å². The Morgan fingerprint density at radius 3 is 2.25 bits per heavy atom. The highest BCUT2D eigenvalue weighted by molar-refractivity contribution is 5.78. The third kappa shape index (κ3) is 3.14. The van der Waals surface area contributed by atoms with Crippen LogP contribution in [0.25, 0.3) is 0 Å². The highest BCUT2D eigenvalue weighted by Crippen LogP contribution is 2.23. The van der Waals surface area contributed by atoms with Gasteiger partial charge in [0, 0.05) is 0 Å². The third-order valence-corrected chi connectivity index (χ3v) is 2.70. The molecule has 98 valence electrons. The van der Waals surface area contributed by atoms with Gasteiger partial charge >= 0.3 is 0 Å². The summed E-state index contributed by atoms with van der Waals surface area (Å²) in [6.07, 6.45) is 3.31. The summed E-state index contributed by atoms with van der Waals surface area (Å²) in [5.74, 6) is 2.34. The molecule has 3 nitrogen and oxygen atoms in total. The van der Waals surface area contributed by atoms with Crippen molar-refractivity contribution < 1.29 is 9.15 Å². The summed E-state index contributed by atoms with van der Waals surface area (Å²) in [6, 6.07) is 21.0. The zero-order valence-electron chi connectivity index (χ0n) is 10.8. The lowest BCUT2D eigenvalue weighted by molar-refractivity contribution is 0.483. The molecule has 3 heteroatoms. The molecule has 0 aliphatic heterocycles. The molecular formula is C17H13NO2. The van der Waals surface area contributed by atoms with Crippen LogP contribution in [0.15, 0.2) is 82.4 Å². The highest BCUT2D eigenvalue weighted by Gasteiger charge is 1.96. The summed E-state index contributed by atoms with van der Waals surface area (Å²) in [6.45, 7) is 0. The summed E-state index contributed by atoms with van der Waals surface area (Å²) in [4.78, 5) is 4.32. The van der Waals surface area contributed by atoms with E-state index in [1.165, 1.54) is 0 Å². The average Bonchev–Trinajstić information content (AvgIpc) is 3.01. The van der Waals surface area contributed by atoms with E-state index in [-0.39, 0.29) is 0 Å². The molecule has 0 atom stereocenters. The predicted molar refractivity (Wildman–Crippen MR) is 78.9 cm³/mol. The Hall–Kier alpha value is -2.81. The molecule has 0 fully saturated rings. The van der Waals surface area contributed by atoms with Crippen LogP contribution in [-0.4, -0.2) is 6.21 Å². The van der Waals surface area contributed by atoms with E-state index >= 15 is 0 Å². The summed E-state index contributed by atoms with van der Waals surface area (Å²) in [7, 11) is 0. The first kappa shape index (κ1) is 12.2. The minimum Gasteiger partial charge on any atom is -0.463 e. The van der Waals surface area contributed by atoms with Crippen molar-refractivity contribution in [3.63, 3.8) is 0 Å². The monoisotopic (exact) mass is 263 g/mol.